The number of halogens is 1. The van der Waals surface area contributed by atoms with Gasteiger partial charge in [-0.2, -0.15) is 4.98 Å². The van der Waals surface area contributed by atoms with E-state index in [1.54, 1.807) is 17.8 Å². The van der Waals surface area contributed by atoms with Crippen molar-refractivity contribution in [2.75, 3.05) is 0 Å². The highest BCUT2D eigenvalue weighted by Crippen LogP contribution is 2.57. The standard InChI is InChI=1S/C16H17ClN4O2/c1-20-11-7-18-14(17)19-13(11)21(15(20)23)16-4-8-2-9(5-16)12(22)10(3-8)6-16/h7-10H,2-6H2,1H3. The third-order valence-electron chi connectivity index (χ3n) is 6.21. The van der Waals surface area contributed by atoms with Crippen LogP contribution in [0.25, 0.3) is 11.2 Å². The first-order valence-corrected chi connectivity index (χ1v) is 8.50. The molecule has 6 rings (SSSR count). The van der Waals surface area contributed by atoms with Crippen molar-refractivity contribution in [2.24, 2.45) is 24.8 Å². The van der Waals surface area contributed by atoms with Crippen LogP contribution in [0.3, 0.4) is 0 Å². The smallest absolute Gasteiger partial charge is 0.299 e. The van der Waals surface area contributed by atoms with Crippen LogP contribution in [-0.2, 0) is 17.4 Å². The van der Waals surface area contributed by atoms with Gasteiger partial charge in [-0.3, -0.25) is 13.9 Å². The van der Waals surface area contributed by atoms with Crippen molar-refractivity contribution in [3.63, 3.8) is 0 Å². The lowest BCUT2D eigenvalue weighted by Crippen LogP contribution is -2.58. The number of nitrogens with zero attached hydrogens (tertiary/aromatic N) is 4. The zero-order valence-corrected chi connectivity index (χ0v) is 13.6. The van der Waals surface area contributed by atoms with Gasteiger partial charge >= 0.3 is 5.69 Å². The first-order valence-electron chi connectivity index (χ1n) is 8.13. The fourth-order valence-electron chi connectivity index (χ4n) is 5.50. The number of Topliss-reactive ketones (excluding diaryl/α,β-unsaturated/α-hetero) is 1. The van der Waals surface area contributed by atoms with Crippen LogP contribution in [0.1, 0.15) is 32.1 Å². The third kappa shape index (κ3) is 1.65. The van der Waals surface area contributed by atoms with Crippen molar-refractivity contribution in [1.29, 1.82) is 0 Å². The van der Waals surface area contributed by atoms with Crippen molar-refractivity contribution in [3.8, 4) is 0 Å². The van der Waals surface area contributed by atoms with Gasteiger partial charge in [0, 0.05) is 18.9 Å². The maximum Gasteiger partial charge on any atom is 0.330 e. The molecule has 0 N–H and O–H groups in total. The number of aryl methyl sites for hydroxylation is 1. The molecule has 0 amide bonds. The van der Waals surface area contributed by atoms with Gasteiger partial charge in [-0.15, -0.1) is 0 Å². The molecular weight excluding hydrogens is 316 g/mol. The molecule has 120 valence electrons. The predicted molar refractivity (Wildman–Crippen MR) is 84.3 cm³/mol. The number of ketones is 1. The van der Waals surface area contributed by atoms with Crippen LogP contribution in [-0.4, -0.2) is 24.9 Å². The molecule has 2 aromatic rings. The molecule has 2 atom stereocenters. The Labute approximate surface area is 137 Å². The quantitative estimate of drug-likeness (QED) is 0.748. The van der Waals surface area contributed by atoms with Crippen molar-refractivity contribution in [2.45, 2.75) is 37.6 Å². The van der Waals surface area contributed by atoms with E-state index in [0.29, 0.717) is 22.9 Å². The maximum atomic E-state index is 12.9. The number of rotatable bonds is 1. The molecule has 0 aliphatic heterocycles. The molecule has 2 unspecified atom stereocenters. The Morgan fingerprint density at radius 2 is 1.91 bits per heavy atom. The molecule has 4 fully saturated rings. The molecule has 0 aromatic carbocycles. The second kappa shape index (κ2) is 4.23. The fourth-order valence-corrected chi connectivity index (χ4v) is 5.63. The van der Waals surface area contributed by atoms with Gasteiger partial charge in [0.25, 0.3) is 0 Å². The van der Waals surface area contributed by atoms with Gasteiger partial charge < -0.3 is 0 Å². The van der Waals surface area contributed by atoms with Crippen LogP contribution < -0.4 is 5.69 Å². The average Bonchev–Trinajstić information content (AvgIpc) is 2.75. The summed E-state index contributed by atoms with van der Waals surface area (Å²) >= 11 is 5.98. The van der Waals surface area contributed by atoms with Crippen LogP contribution >= 0.6 is 11.6 Å². The van der Waals surface area contributed by atoms with E-state index in [0.717, 1.165) is 32.1 Å². The highest BCUT2D eigenvalue weighted by atomic mass is 35.5. The Bertz CT molecular complexity index is 897. The zero-order chi connectivity index (χ0) is 15.9. The molecule has 4 aliphatic carbocycles. The Kier molecular flexibility index (Phi) is 2.52. The number of aromatic nitrogens is 4. The summed E-state index contributed by atoms with van der Waals surface area (Å²) < 4.78 is 3.42. The van der Waals surface area contributed by atoms with Crippen LogP contribution in [0.2, 0.25) is 5.28 Å². The van der Waals surface area contributed by atoms with E-state index in [-0.39, 0.29) is 28.3 Å². The first-order chi connectivity index (χ1) is 11.0. The third-order valence-corrected chi connectivity index (χ3v) is 6.39. The predicted octanol–water partition coefficient (Wildman–Crippen LogP) is 1.89. The highest BCUT2D eigenvalue weighted by molar-refractivity contribution is 6.28. The minimum absolute atomic E-state index is 0.0778. The fraction of sp³-hybridized carbons (Fsp3) is 0.625. The number of hydrogen-bond acceptors (Lipinski definition) is 4. The van der Waals surface area contributed by atoms with E-state index >= 15 is 0 Å². The number of imidazole rings is 1. The monoisotopic (exact) mass is 332 g/mol. The second-order valence-corrected chi connectivity index (χ2v) is 7.83. The van der Waals surface area contributed by atoms with Gasteiger partial charge in [0.15, 0.2) is 5.65 Å². The summed E-state index contributed by atoms with van der Waals surface area (Å²) in [7, 11) is 1.74. The van der Waals surface area contributed by atoms with Gasteiger partial charge in [-0.1, -0.05) is 0 Å². The van der Waals surface area contributed by atoms with E-state index in [9.17, 15) is 9.59 Å². The molecule has 4 aliphatic rings. The number of carbonyl (C=O) groups is 1. The van der Waals surface area contributed by atoms with Crippen molar-refractivity contribution in [3.05, 3.63) is 22.0 Å². The average molecular weight is 333 g/mol. The van der Waals surface area contributed by atoms with E-state index in [1.807, 2.05) is 4.57 Å². The molecule has 23 heavy (non-hydrogen) atoms. The summed E-state index contributed by atoms with van der Waals surface area (Å²) in [6, 6.07) is 0. The van der Waals surface area contributed by atoms with E-state index < -0.39 is 0 Å². The van der Waals surface area contributed by atoms with E-state index in [1.165, 1.54) is 0 Å². The normalized spacial score (nSPS) is 35.4. The van der Waals surface area contributed by atoms with Gasteiger partial charge in [-0.05, 0) is 49.6 Å². The lowest BCUT2D eigenvalue weighted by atomic mass is 9.52. The van der Waals surface area contributed by atoms with Gasteiger partial charge in [0.1, 0.15) is 11.3 Å². The minimum atomic E-state index is -0.279. The number of carbonyl (C=O) groups excluding carboxylic acids is 1. The topological polar surface area (TPSA) is 69.8 Å². The molecule has 0 spiro atoms. The van der Waals surface area contributed by atoms with Gasteiger partial charge in [-0.25, -0.2) is 9.78 Å². The molecule has 7 heteroatoms. The van der Waals surface area contributed by atoms with Crippen molar-refractivity contribution < 1.29 is 4.79 Å². The molecule has 0 radical (unpaired) electrons. The van der Waals surface area contributed by atoms with Crippen LogP contribution in [0.15, 0.2) is 11.0 Å². The SMILES string of the molecule is Cn1c(=O)n(C23CC4CC(C2)C(=O)C(C4)C3)c2nc(Cl)ncc21. The Hall–Kier alpha value is -1.69. The summed E-state index contributed by atoms with van der Waals surface area (Å²) in [4.78, 5) is 33.7. The molecule has 4 bridgehead atoms. The summed E-state index contributed by atoms with van der Waals surface area (Å²) in [6.45, 7) is 0. The van der Waals surface area contributed by atoms with Crippen LogP contribution in [0.5, 0.6) is 0 Å². The van der Waals surface area contributed by atoms with Gasteiger partial charge in [0.2, 0.25) is 5.28 Å². The van der Waals surface area contributed by atoms with Crippen LogP contribution in [0.4, 0.5) is 0 Å². The largest absolute Gasteiger partial charge is 0.330 e. The summed E-state index contributed by atoms with van der Waals surface area (Å²) in [6.07, 6.45) is 6.08. The molecule has 2 heterocycles. The highest BCUT2D eigenvalue weighted by Gasteiger charge is 2.57. The number of hydrogen-bond donors (Lipinski definition) is 0. The second-order valence-electron chi connectivity index (χ2n) is 7.50. The molecule has 6 nitrogen and oxygen atoms in total. The van der Waals surface area contributed by atoms with Crippen molar-refractivity contribution >= 4 is 28.5 Å². The molecule has 2 aromatic heterocycles. The Morgan fingerprint density at radius 1 is 1.22 bits per heavy atom. The Balaban J connectivity index is 1.78. The van der Waals surface area contributed by atoms with E-state index in [2.05, 4.69) is 9.97 Å². The first kappa shape index (κ1) is 13.7. The lowest BCUT2D eigenvalue weighted by molar-refractivity contribution is -0.145. The summed E-state index contributed by atoms with van der Waals surface area (Å²) in [5.74, 6) is 1.18. The van der Waals surface area contributed by atoms with Crippen molar-refractivity contribution in [1.82, 2.24) is 19.1 Å². The van der Waals surface area contributed by atoms with Gasteiger partial charge in [0.05, 0.1) is 11.7 Å². The molecular formula is C16H17ClN4O2. The minimum Gasteiger partial charge on any atom is -0.299 e. The summed E-state index contributed by atoms with van der Waals surface area (Å²) in [5, 5.41) is 0.151. The Morgan fingerprint density at radius 3 is 2.61 bits per heavy atom. The maximum absolute atomic E-state index is 12.9. The molecule has 4 saturated carbocycles. The zero-order valence-electron chi connectivity index (χ0n) is 12.8. The van der Waals surface area contributed by atoms with Crippen LogP contribution in [0, 0.1) is 17.8 Å². The van der Waals surface area contributed by atoms with E-state index in [4.69, 9.17) is 11.6 Å². The molecule has 0 saturated heterocycles. The number of fused-ring (bicyclic) bond motifs is 1. The lowest BCUT2D eigenvalue weighted by Gasteiger charge is -2.55. The summed E-state index contributed by atoms with van der Waals surface area (Å²) in [5.41, 5.74) is 0.943.